The number of hydrogen-bond acceptors (Lipinski definition) is 3. The van der Waals surface area contributed by atoms with Crippen molar-refractivity contribution in [3.63, 3.8) is 0 Å². The van der Waals surface area contributed by atoms with Gasteiger partial charge in [0.2, 0.25) is 0 Å². The molecule has 0 bridgehead atoms. The predicted octanol–water partition coefficient (Wildman–Crippen LogP) is 2.49. The number of pyridine rings is 1. The van der Waals surface area contributed by atoms with Crippen molar-refractivity contribution in [3.05, 3.63) is 29.6 Å². The van der Waals surface area contributed by atoms with Crippen LogP contribution in [-0.4, -0.2) is 22.2 Å². The zero-order valence-electron chi connectivity index (χ0n) is 10.5. The Hall–Kier alpha value is -1.14. The minimum absolute atomic E-state index is 0.0738. The van der Waals surface area contributed by atoms with Crippen LogP contribution in [0.3, 0.4) is 0 Å². The molecule has 2 rings (SSSR count). The number of aliphatic hydroxyl groups excluding tert-OH is 1. The molecule has 0 saturated heterocycles. The topological polar surface area (TPSA) is 45.1 Å². The number of nitrogens with one attached hydrogen (secondary N) is 1. The fourth-order valence-electron chi connectivity index (χ4n) is 2.43. The molecular weight excluding hydrogens is 257 g/mol. The van der Waals surface area contributed by atoms with E-state index in [-0.39, 0.29) is 18.2 Å². The molecule has 1 saturated carbocycles. The molecule has 1 aliphatic rings. The first-order chi connectivity index (χ1) is 8.98. The summed E-state index contributed by atoms with van der Waals surface area (Å²) >= 11 is 0. The molecule has 2 atom stereocenters. The lowest BCUT2D eigenvalue weighted by molar-refractivity contribution is -0.141. The van der Waals surface area contributed by atoms with Gasteiger partial charge in [0.05, 0.1) is 6.10 Å². The van der Waals surface area contributed by atoms with Crippen LogP contribution in [0.1, 0.15) is 36.9 Å². The molecule has 0 radical (unpaired) electrons. The monoisotopic (exact) mass is 274 g/mol. The van der Waals surface area contributed by atoms with Gasteiger partial charge >= 0.3 is 6.18 Å². The van der Waals surface area contributed by atoms with Gasteiger partial charge in [-0.2, -0.15) is 13.2 Å². The van der Waals surface area contributed by atoms with Crippen LogP contribution < -0.4 is 5.32 Å². The second kappa shape index (κ2) is 5.88. The summed E-state index contributed by atoms with van der Waals surface area (Å²) in [6.45, 7) is 0.0738. The molecule has 106 valence electrons. The van der Waals surface area contributed by atoms with Crippen LogP contribution in [0, 0.1) is 0 Å². The highest BCUT2D eigenvalue weighted by Gasteiger charge is 2.35. The van der Waals surface area contributed by atoms with Crippen LogP contribution in [0.2, 0.25) is 0 Å². The van der Waals surface area contributed by atoms with E-state index in [1.54, 1.807) is 0 Å². The zero-order valence-corrected chi connectivity index (χ0v) is 10.5. The van der Waals surface area contributed by atoms with Gasteiger partial charge in [0, 0.05) is 18.8 Å². The maximum Gasteiger partial charge on any atom is 0.433 e. The highest BCUT2D eigenvalue weighted by molar-refractivity contribution is 5.22. The fourth-order valence-corrected chi connectivity index (χ4v) is 2.43. The van der Waals surface area contributed by atoms with Crippen molar-refractivity contribution in [2.75, 3.05) is 0 Å². The Morgan fingerprint density at radius 3 is 2.74 bits per heavy atom. The minimum Gasteiger partial charge on any atom is -0.392 e. The van der Waals surface area contributed by atoms with Crippen LogP contribution >= 0.6 is 0 Å². The maximum absolute atomic E-state index is 12.8. The van der Waals surface area contributed by atoms with E-state index >= 15 is 0 Å². The number of nitrogens with zero attached hydrogens (tertiary/aromatic N) is 1. The number of aromatic nitrogens is 1. The average molecular weight is 274 g/mol. The highest BCUT2D eigenvalue weighted by Crippen LogP contribution is 2.30. The van der Waals surface area contributed by atoms with Gasteiger partial charge in [0.15, 0.2) is 0 Å². The SMILES string of the molecule is O[C@H]1CCCC[C@@H]1NCc1cccnc1C(F)(F)F. The summed E-state index contributed by atoms with van der Waals surface area (Å²) in [4.78, 5) is 3.41. The van der Waals surface area contributed by atoms with Gasteiger partial charge in [-0.1, -0.05) is 18.9 Å². The van der Waals surface area contributed by atoms with E-state index in [2.05, 4.69) is 10.3 Å². The van der Waals surface area contributed by atoms with Gasteiger partial charge in [-0.25, -0.2) is 0 Å². The lowest BCUT2D eigenvalue weighted by Gasteiger charge is -2.28. The largest absolute Gasteiger partial charge is 0.433 e. The molecule has 1 aromatic heterocycles. The van der Waals surface area contributed by atoms with E-state index in [1.165, 1.54) is 12.1 Å². The van der Waals surface area contributed by atoms with E-state index in [9.17, 15) is 18.3 Å². The molecule has 1 aromatic rings. The smallest absolute Gasteiger partial charge is 0.392 e. The molecule has 3 nitrogen and oxygen atoms in total. The number of halogens is 3. The van der Waals surface area contributed by atoms with Crippen LogP contribution in [0.4, 0.5) is 13.2 Å². The van der Waals surface area contributed by atoms with E-state index in [4.69, 9.17) is 0 Å². The average Bonchev–Trinajstić information content (AvgIpc) is 2.37. The van der Waals surface area contributed by atoms with E-state index in [1.807, 2.05) is 0 Å². The lowest BCUT2D eigenvalue weighted by atomic mass is 9.92. The molecule has 1 heterocycles. The minimum atomic E-state index is -4.44. The van der Waals surface area contributed by atoms with Gasteiger partial charge in [0.1, 0.15) is 5.69 Å². The first-order valence-corrected chi connectivity index (χ1v) is 6.41. The summed E-state index contributed by atoms with van der Waals surface area (Å²) in [6, 6.07) is 2.77. The summed E-state index contributed by atoms with van der Waals surface area (Å²) < 4.78 is 38.3. The Morgan fingerprint density at radius 2 is 2.05 bits per heavy atom. The predicted molar refractivity (Wildman–Crippen MR) is 64.3 cm³/mol. The molecule has 19 heavy (non-hydrogen) atoms. The third-order valence-corrected chi connectivity index (χ3v) is 3.44. The van der Waals surface area contributed by atoms with Gasteiger partial charge in [-0.15, -0.1) is 0 Å². The fraction of sp³-hybridized carbons (Fsp3) is 0.615. The number of rotatable bonds is 3. The van der Waals surface area contributed by atoms with Crippen molar-refractivity contribution in [2.24, 2.45) is 0 Å². The summed E-state index contributed by atoms with van der Waals surface area (Å²) in [5.41, 5.74) is -0.736. The molecule has 6 heteroatoms. The molecule has 1 aliphatic carbocycles. The molecule has 0 amide bonds. The van der Waals surface area contributed by atoms with E-state index < -0.39 is 18.0 Å². The molecular formula is C13H17F3N2O. The number of aliphatic hydroxyl groups is 1. The zero-order chi connectivity index (χ0) is 13.9. The Labute approximate surface area is 109 Å². The second-order valence-corrected chi connectivity index (χ2v) is 4.85. The first-order valence-electron chi connectivity index (χ1n) is 6.41. The van der Waals surface area contributed by atoms with Crippen molar-refractivity contribution < 1.29 is 18.3 Å². The summed E-state index contributed by atoms with van der Waals surface area (Å²) in [5.74, 6) is 0. The van der Waals surface area contributed by atoms with Gasteiger partial charge < -0.3 is 10.4 Å². The quantitative estimate of drug-likeness (QED) is 0.890. The summed E-state index contributed by atoms with van der Waals surface area (Å²) in [7, 11) is 0. The van der Waals surface area contributed by atoms with Crippen molar-refractivity contribution in [2.45, 2.75) is 50.6 Å². The molecule has 2 N–H and O–H groups in total. The highest BCUT2D eigenvalue weighted by atomic mass is 19.4. The molecule has 1 fully saturated rings. The van der Waals surface area contributed by atoms with Crippen molar-refractivity contribution in [1.29, 1.82) is 0 Å². The van der Waals surface area contributed by atoms with Gasteiger partial charge in [-0.05, 0) is 24.5 Å². The summed E-state index contributed by atoms with van der Waals surface area (Å²) in [5, 5.41) is 12.8. The number of hydrogen-bond donors (Lipinski definition) is 2. The molecule has 0 spiro atoms. The first kappa shape index (κ1) is 14.3. The van der Waals surface area contributed by atoms with E-state index in [0.717, 1.165) is 25.5 Å². The van der Waals surface area contributed by atoms with Crippen molar-refractivity contribution in [3.8, 4) is 0 Å². The van der Waals surface area contributed by atoms with Gasteiger partial charge in [0.25, 0.3) is 0 Å². The van der Waals surface area contributed by atoms with Gasteiger partial charge in [-0.3, -0.25) is 4.98 Å². The third-order valence-electron chi connectivity index (χ3n) is 3.44. The van der Waals surface area contributed by atoms with Crippen LogP contribution in [0.25, 0.3) is 0 Å². The van der Waals surface area contributed by atoms with E-state index in [0.29, 0.717) is 6.42 Å². The number of alkyl halides is 3. The Kier molecular flexibility index (Phi) is 4.42. The normalized spacial score (nSPS) is 24.4. The third kappa shape index (κ3) is 3.67. The lowest BCUT2D eigenvalue weighted by Crippen LogP contribution is -2.41. The Morgan fingerprint density at radius 1 is 1.32 bits per heavy atom. The Balaban J connectivity index is 2.03. The summed E-state index contributed by atoms with van der Waals surface area (Å²) in [6.07, 6.45) is -0.307. The van der Waals surface area contributed by atoms with Crippen LogP contribution in [0.5, 0.6) is 0 Å². The van der Waals surface area contributed by atoms with Crippen LogP contribution in [0.15, 0.2) is 18.3 Å². The van der Waals surface area contributed by atoms with Crippen molar-refractivity contribution >= 4 is 0 Å². The molecule has 0 unspecified atom stereocenters. The second-order valence-electron chi connectivity index (χ2n) is 4.85. The Bertz CT molecular complexity index is 423. The van der Waals surface area contributed by atoms with Crippen LogP contribution in [-0.2, 0) is 12.7 Å². The molecule has 0 aliphatic heterocycles. The standard InChI is InChI=1S/C13H17F3N2O/c14-13(15,16)12-9(4-3-7-17-12)8-18-10-5-1-2-6-11(10)19/h3-4,7,10-11,18-19H,1-2,5-6,8H2/t10-,11-/m0/s1. The maximum atomic E-state index is 12.8. The molecule has 0 aromatic carbocycles. The van der Waals surface area contributed by atoms with Crippen molar-refractivity contribution in [1.82, 2.24) is 10.3 Å².